The van der Waals surface area contributed by atoms with Crippen LogP contribution >= 0.6 is 33.9 Å². The highest BCUT2D eigenvalue weighted by Gasteiger charge is 2.02. The number of aromatic nitrogens is 1. The van der Waals surface area contributed by atoms with Crippen LogP contribution in [0.2, 0.25) is 0 Å². The fourth-order valence-corrected chi connectivity index (χ4v) is 2.24. The molecule has 1 N–H and O–H groups in total. The highest BCUT2D eigenvalue weighted by Crippen LogP contribution is 2.16. The number of rotatable bonds is 3. The molecule has 0 aliphatic heterocycles. The predicted octanol–water partition coefficient (Wildman–Crippen LogP) is 3.30. The van der Waals surface area contributed by atoms with E-state index in [-0.39, 0.29) is 5.91 Å². The van der Waals surface area contributed by atoms with Crippen LogP contribution in [-0.4, -0.2) is 10.9 Å². The summed E-state index contributed by atoms with van der Waals surface area (Å²) in [7, 11) is 0. The molecule has 0 aromatic carbocycles. The Balaban J connectivity index is 1.95. The number of carbonyl (C=O) groups excluding carboxylic acids is 1. The Morgan fingerprint density at radius 1 is 1.59 bits per heavy atom. The summed E-state index contributed by atoms with van der Waals surface area (Å²) in [6.07, 6.45) is 4.77. The topological polar surface area (TPSA) is 55.1 Å². The second-order valence-corrected chi connectivity index (χ2v) is 5.54. The molecule has 6 heteroatoms. The van der Waals surface area contributed by atoms with Crippen molar-refractivity contribution in [3.8, 4) is 0 Å². The standard InChI is InChI=1S/C11H9IN2O2S/c1-7-6-13-11(17-7)14-10(15)5-3-8-2-4-9(12)16-8/h2-6H,1H3,(H,13,14,15). The molecular weight excluding hydrogens is 351 g/mol. The normalized spacial score (nSPS) is 10.9. The van der Waals surface area contributed by atoms with E-state index < -0.39 is 0 Å². The van der Waals surface area contributed by atoms with E-state index in [0.717, 1.165) is 8.64 Å². The molecule has 0 saturated carbocycles. The smallest absolute Gasteiger partial charge is 0.250 e. The van der Waals surface area contributed by atoms with Crippen molar-refractivity contribution >= 4 is 51.0 Å². The van der Waals surface area contributed by atoms with Crippen LogP contribution in [0.1, 0.15) is 10.6 Å². The molecule has 0 spiro atoms. The van der Waals surface area contributed by atoms with Crippen LogP contribution in [0.25, 0.3) is 6.08 Å². The highest BCUT2D eigenvalue weighted by atomic mass is 127. The van der Waals surface area contributed by atoms with Crippen molar-refractivity contribution in [1.82, 2.24) is 4.98 Å². The summed E-state index contributed by atoms with van der Waals surface area (Å²) in [6, 6.07) is 3.64. The molecule has 0 radical (unpaired) electrons. The molecule has 2 rings (SSSR count). The molecular formula is C11H9IN2O2S. The van der Waals surface area contributed by atoms with Crippen LogP contribution < -0.4 is 5.32 Å². The highest BCUT2D eigenvalue weighted by molar-refractivity contribution is 14.1. The average Bonchev–Trinajstić information content (AvgIpc) is 2.85. The number of carbonyl (C=O) groups is 1. The molecule has 0 aliphatic carbocycles. The summed E-state index contributed by atoms with van der Waals surface area (Å²) in [5.41, 5.74) is 0. The molecule has 0 bridgehead atoms. The van der Waals surface area contributed by atoms with Gasteiger partial charge in [0.2, 0.25) is 5.91 Å². The van der Waals surface area contributed by atoms with E-state index in [9.17, 15) is 4.79 Å². The van der Waals surface area contributed by atoms with Gasteiger partial charge < -0.3 is 4.42 Å². The summed E-state index contributed by atoms with van der Waals surface area (Å²) in [4.78, 5) is 16.6. The first-order chi connectivity index (χ1) is 8.13. The van der Waals surface area contributed by atoms with Gasteiger partial charge in [-0.05, 0) is 47.7 Å². The molecule has 2 aromatic rings. The third-order valence-electron chi connectivity index (χ3n) is 1.84. The lowest BCUT2D eigenvalue weighted by molar-refractivity contribution is -0.111. The lowest BCUT2D eigenvalue weighted by Crippen LogP contribution is -2.06. The molecule has 0 fully saturated rings. The van der Waals surface area contributed by atoms with E-state index in [1.54, 1.807) is 18.3 Å². The minimum atomic E-state index is -0.217. The number of furan rings is 1. The Hall–Kier alpha value is -1.15. The van der Waals surface area contributed by atoms with Crippen molar-refractivity contribution in [2.75, 3.05) is 5.32 Å². The third kappa shape index (κ3) is 3.67. The fraction of sp³-hybridized carbons (Fsp3) is 0.0909. The predicted molar refractivity (Wildman–Crippen MR) is 75.9 cm³/mol. The van der Waals surface area contributed by atoms with E-state index in [4.69, 9.17) is 4.42 Å². The zero-order valence-electron chi connectivity index (χ0n) is 8.94. The molecule has 2 aromatic heterocycles. The SMILES string of the molecule is Cc1cnc(NC(=O)C=Cc2ccc(I)o2)s1. The average molecular weight is 360 g/mol. The Morgan fingerprint density at radius 3 is 3.00 bits per heavy atom. The number of anilines is 1. The Bertz CT molecular complexity index is 559. The number of hydrogen-bond acceptors (Lipinski definition) is 4. The van der Waals surface area contributed by atoms with Crippen LogP contribution in [0.4, 0.5) is 5.13 Å². The van der Waals surface area contributed by atoms with Gasteiger partial charge >= 0.3 is 0 Å². The van der Waals surface area contributed by atoms with Gasteiger partial charge in [0.1, 0.15) is 5.76 Å². The van der Waals surface area contributed by atoms with Gasteiger partial charge in [-0.25, -0.2) is 4.98 Å². The van der Waals surface area contributed by atoms with E-state index in [2.05, 4.69) is 32.9 Å². The zero-order chi connectivity index (χ0) is 12.3. The zero-order valence-corrected chi connectivity index (χ0v) is 11.9. The van der Waals surface area contributed by atoms with Crippen molar-refractivity contribution in [3.63, 3.8) is 0 Å². The Labute approximate surface area is 116 Å². The van der Waals surface area contributed by atoms with Gasteiger partial charge in [0.05, 0.1) is 0 Å². The molecule has 1 amide bonds. The van der Waals surface area contributed by atoms with Crippen molar-refractivity contribution < 1.29 is 9.21 Å². The van der Waals surface area contributed by atoms with Crippen molar-refractivity contribution in [1.29, 1.82) is 0 Å². The molecule has 2 heterocycles. The van der Waals surface area contributed by atoms with Gasteiger partial charge in [-0.2, -0.15) is 0 Å². The molecule has 4 nitrogen and oxygen atoms in total. The number of hydrogen-bond donors (Lipinski definition) is 1. The summed E-state index contributed by atoms with van der Waals surface area (Å²) in [5.74, 6) is 0.436. The summed E-state index contributed by atoms with van der Waals surface area (Å²) < 4.78 is 6.09. The van der Waals surface area contributed by atoms with Gasteiger partial charge in [0.25, 0.3) is 0 Å². The number of aryl methyl sites for hydroxylation is 1. The second-order valence-electron chi connectivity index (χ2n) is 3.24. The number of halogens is 1. The lowest BCUT2D eigenvalue weighted by atomic mass is 10.4. The minimum Gasteiger partial charge on any atom is -0.451 e. The minimum absolute atomic E-state index is 0.217. The molecule has 88 valence electrons. The first kappa shape index (κ1) is 12.3. The van der Waals surface area contributed by atoms with E-state index in [0.29, 0.717) is 10.9 Å². The molecule has 17 heavy (non-hydrogen) atoms. The maximum atomic E-state index is 11.5. The van der Waals surface area contributed by atoms with Gasteiger partial charge in [0.15, 0.2) is 8.90 Å². The number of amides is 1. The second kappa shape index (κ2) is 5.46. The quantitative estimate of drug-likeness (QED) is 0.675. The maximum absolute atomic E-state index is 11.5. The van der Waals surface area contributed by atoms with Crippen LogP contribution in [0.5, 0.6) is 0 Å². The van der Waals surface area contributed by atoms with E-state index in [1.165, 1.54) is 17.4 Å². The first-order valence-electron chi connectivity index (χ1n) is 4.80. The fourth-order valence-electron chi connectivity index (χ4n) is 1.14. The van der Waals surface area contributed by atoms with Gasteiger partial charge in [0, 0.05) is 17.2 Å². The van der Waals surface area contributed by atoms with Crippen molar-refractivity contribution in [2.45, 2.75) is 6.92 Å². The van der Waals surface area contributed by atoms with Crippen LogP contribution in [0.3, 0.4) is 0 Å². The Kier molecular flexibility index (Phi) is 3.95. The molecule has 0 atom stereocenters. The molecule has 0 saturated heterocycles. The number of thiazole rings is 1. The van der Waals surface area contributed by atoms with Crippen molar-refractivity contribution in [3.05, 3.63) is 38.8 Å². The monoisotopic (exact) mass is 360 g/mol. The third-order valence-corrected chi connectivity index (χ3v) is 3.25. The first-order valence-corrected chi connectivity index (χ1v) is 6.70. The number of nitrogens with zero attached hydrogens (tertiary/aromatic N) is 1. The number of nitrogens with one attached hydrogen (secondary N) is 1. The van der Waals surface area contributed by atoms with Crippen LogP contribution in [0.15, 0.2) is 28.8 Å². The largest absolute Gasteiger partial charge is 0.451 e. The van der Waals surface area contributed by atoms with Crippen LogP contribution in [0, 0.1) is 10.7 Å². The summed E-state index contributed by atoms with van der Waals surface area (Å²) in [5, 5.41) is 3.28. The van der Waals surface area contributed by atoms with Gasteiger partial charge in [-0.15, -0.1) is 11.3 Å². The summed E-state index contributed by atoms with van der Waals surface area (Å²) in [6.45, 7) is 1.94. The van der Waals surface area contributed by atoms with E-state index in [1.807, 2.05) is 13.0 Å². The molecule has 0 aliphatic rings. The van der Waals surface area contributed by atoms with Crippen molar-refractivity contribution in [2.24, 2.45) is 0 Å². The lowest BCUT2D eigenvalue weighted by Gasteiger charge is -1.94. The summed E-state index contributed by atoms with van der Waals surface area (Å²) >= 11 is 3.51. The molecule has 0 unspecified atom stereocenters. The van der Waals surface area contributed by atoms with Gasteiger partial charge in [-0.1, -0.05) is 0 Å². The van der Waals surface area contributed by atoms with E-state index >= 15 is 0 Å². The van der Waals surface area contributed by atoms with Gasteiger partial charge in [-0.3, -0.25) is 10.1 Å². The Morgan fingerprint density at radius 2 is 2.41 bits per heavy atom. The maximum Gasteiger partial charge on any atom is 0.250 e. The van der Waals surface area contributed by atoms with Crippen LogP contribution in [-0.2, 0) is 4.79 Å².